The third-order valence-corrected chi connectivity index (χ3v) is 1.12. The Labute approximate surface area is 62.5 Å². The Morgan fingerprint density at radius 2 is 1.82 bits per heavy atom. The van der Waals surface area contributed by atoms with Crippen LogP contribution in [-0.4, -0.2) is 41.1 Å². The van der Waals surface area contributed by atoms with Gasteiger partial charge in [0.2, 0.25) is 0 Å². The third-order valence-electron chi connectivity index (χ3n) is 1.12. The highest BCUT2D eigenvalue weighted by atomic mass is 16.6. The summed E-state index contributed by atoms with van der Waals surface area (Å²) in [5.41, 5.74) is 0. The minimum atomic E-state index is -1.66. The van der Waals surface area contributed by atoms with E-state index < -0.39 is 18.3 Å². The van der Waals surface area contributed by atoms with Crippen LogP contribution in [0.3, 0.4) is 0 Å². The van der Waals surface area contributed by atoms with Gasteiger partial charge in [-0.3, -0.25) is 4.84 Å². The zero-order valence-electron chi connectivity index (χ0n) is 5.58. The van der Waals surface area contributed by atoms with Gasteiger partial charge in [-0.25, -0.2) is 5.90 Å². The van der Waals surface area contributed by atoms with E-state index in [1.165, 1.54) is 0 Å². The monoisotopic (exact) mass is 163 g/mol. The van der Waals surface area contributed by atoms with E-state index in [-0.39, 0.29) is 12.6 Å². The van der Waals surface area contributed by atoms with E-state index in [9.17, 15) is 9.59 Å². The van der Waals surface area contributed by atoms with Crippen molar-refractivity contribution in [2.24, 2.45) is 5.90 Å². The summed E-state index contributed by atoms with van der Waals surface area (Å²) in [5.74, 6) is 4.56. The number of aliphatic hydroxyl groups is 2. The second-order valence-corrected chi connectivity index (χ2v) is 1.85. The van der Waals surface area contributed by atoms with Crippen molar-refractivity contribution in [3.05, 3.63) is 0 Å². The summed E-state index contributed by atoms with van der Waals surface area (Å²) in [4.78, 5) is 23.8. The first kappa shape index (κ1) is 10.2. The molecule has 0 aromatic rings. The average Bonchev–Trinajstić information content (AvgIpc) is 2.05. The summed E-state index contributed by atoms with van der Waals surface area (Å²) in [5, 5.41) is 17.5. The summed E-state index contributed by atoms with van der Waals surface area (Å²) in [6, 6.07) is 0. The average molecular weight is 163 g/mol. The van der Waals surface area contributed by atoms with E-state index in [4.69, 9.17) is 10.2 Å². The number of aldehydes is 2. The van der Waals surface area contributed by atoms with Crippen LogP contribution in [0.25, 0.3) is 0 Å². The van der Waals surface area contributed by atoms with E-state index in [0.29, 0.717) is 0 Å². The largest absolute Gasteiger partial charge is 0.387 e. The molecule has 3 atom stereocenters. The number of carbonyl (C=O) groups is 2. The molecule has 0 rings (SSSR count). The van der Waals surface area contributed by atoms with Gasteiger partial charge in [0.05, 0.1) is 0 Å². The molecule has 6 nitrogen and oxygen atoms in total. The number of hydrogen-bond acceptors (Lipinski definition) is 6. The first-order chi connectivity index (χ1) is 5.17. The Kier molecular flexibility index (Phi) is 4.55. The van der Waals surface area contributed by atoms with Crippen LogP contribution in [0.5, 0.6) is 0 Å². The van der Waals surface area contributed by atoms with Gasteiger partial charge in [0.15, 0.2) is 18.7 Å². The molecule has 11 heavy (non-hydrogen) atoms. The van der Waals surface area contributed by atoms with Crippen LogP contribution in [0.1, 0.15) is 0 Å². The number of carbonyl (C=O) groups excluding carboxylic acids is 2. The predicted molar refractivity (Wildman–Crippen MR) is 33.2 cm³/mol. The molecule has 6 heteroatoms. The van der Waals surface area contributed by atoms with Crippen molar-refractivity contribution >= 4 is 12.6 Å². The van der Waals surface area contributed by atoms with Gasteiger partial charge in [0.1, 0.15) is 12.2 Å². The molecule has 4 N–H and O–H groups in total. The Morgan fingerprint density at radius 3 is 2.09 bits per heavy atom. The molecule has 0 bridgehead atoms. The van der Waals surface area contributed by atoms with Gasteiger partial charge in [0, 0.05) is 0 Å². The Bertz CT molecular complexity index is 139. The fourth-order valence-electron chi connectivity index (χ4n) is 0.468. The molecule has 0 fully saturated rings. The molecule has 0 aliphatic heterocycles. The topological polar surface area (TPSA) is 110 Å². The van der Waals surface area contributed by atoms with E-state index in [0.717, 1.165) is 0 Å². The lowest BCUT2D eigenvalue weighted by Crippen LogP contribution is -2.42. The number of aliphatic hydroxyl groups excluding tert-OH is 2. The lowest BCUT2D eigenvalue weighted by molar-refractivity contribution is -0.139. The number of nitrogens with two attached hydrogens (primary N) is 1. The fourth-order valence-corrected chi connectivity index (χ4v) is 0.468. The normalized spacial score (nSPS) is 18.5. The second-order valence-electron chi connectivity index (χ2n) is 1.85. The molecule has 0 aromatic carbocycles. The van der Waals surface area contributed by atoms with Crippen molar-refractivity contribution in [2.75, 3.05) is 0 Å². The molecule has 0 saturated heterocycles. The molecular weight excluding hydrogens is 154 g/mol. The van der Waals surface area contributed by atoms with Crippen molar-refractivity contribution in [2.45, 2.75) is 18.3 Å². The molecule has 0 aromatic heterocycles. The van der Waals surface area contributed by atoms with Crippen LogP contribution in [0.2, 0.25) is 0 Å². The first-order valence-corrected chi connectivity index (χ1v) is 2.79. The van der Waals surface area contributed by atoms with Crippen LogP contribution in [0.4, 0.5) is 0 Å². The molecular formula is C5H9NO5. The van der Waals surface area contributed by atoms with E-state index in [2.05, 4.69) is 10.7 Å². The maximum atomic E-state index is 10.0. The molecule has 64 valence electrons. The van der Waals surface area contributed by atoms with E-state index in [1.807, 2.05) is 0 Å². The fraction of sp³-hybridized carbons (Fsp3) is 0.600. The lowest BCUT2D eigenvalue weighted by Gasteiger charge is -2.16. The van der Waals surface area contributed by atoms with Gasteiger partial charge in [0.25, 0.3) is 0 Å². The van der Waals surface area contributed by atoms with Crippen LogP contribution >= 0.6 is 0 Å². The summed E-state index contributed by atoms with van der Waals surface area (Å²) in [6.07, 6.45) is -4.38. The quantitative estimate of drug-likeness (QED) is 0.302. The number of hydrogen-bond donors (Lipinski definition) is 3. The molecule has 0 heterocycles. The van der Waals surface area contributed by atoms with Gasteiger partial charge in [-0.15, -0.1) is 0 Å². The highest BCUT2D eigenvalue weighted by molar-refractivity contribution is 5.62. The van der Waals surface area contributed by atoms with Crippen molar-refractivity contribution in [3.8, 4) is 0 Å². The van der Waals surface area contributed by atoms with E-state index >= 15 is 0 Å². The van der Waals surface area contributed by atoms with Gasteiger partial charge in [-0.1, -0.05) is 0 Å². The molecule has 0 aliphatic rings. The van der Waals surface area contributed by atoms with Gasteiger partial charge < -0.3 is 19.8 Å². The smallest absolute Gasteiger partial charge is 0.162 e. The summed E-state index contributed by atoms with van der Waals surface area (Å²) < 4.78 is 0. The second kappa shape index (κ2) is 4.91. The van der Waals surface area contributed by atoms with Gasteiger partial charge >= 0.3 is 0 Å². The molecule has 0 unspecified atom stereocenters. The first-order valence-electron chi connectivity index (χ1n) is 2.79. The zero-order chi connectivity index (χ0) is 8.85. The van der Waals surface area contributed by atoms with Gasteiger partial charge in [-0.2, -0.15) is 0 Å². The maximum absolute atomic E-state index is 10.0. The highest BCUT2D eigenvalue weighted by Gasteiger charge is 2.25. The minimum Gasteiger partial charge on any atom is -0.387 e. The SMILES string of the molecule is NO[C@@H](C=O)[C@@H](O)[C@H](O)C=O. The molecule has 0 radical (unpaired) electrons. The lowest BCUT2D eigenvalue weighted by atomic mass is 10.1. The van der Waals surface area contributed by atoms with Crippen LogP contribution < -0.4 is 5.90 Å². The van der Waals surface area contributed by atoms with Crippen molar-refractivity contribution in [1.29, 1.82) is 0 Å². The Morgan fingerprint density at radius 1 is 1.27 bits per heavy atom. The highest BCUT2D eigenvalue weighted by Crippen LogP contribution is 1.97. The minimum absolute atomic E-state index is 0.0835. The number of rotatable bonds is 5. The van der Waals surface area contributed by atoms with Crippen molar-refractivity contribution in [3.63, 3.8) is 0 Å². The maximum Gasteiger partial charge on any atom is 0.162 e. The standard InChI is InChI=1S/C5H9NO5/c6-11-4(2-8)5(10)3(9)1-7/h1-5,9-10H,6H2/t3-,4+,5+/m1/s1. The molecule has 0 amide bonds. The van der Waals surface area contributed by atoms with Crippen molar-refractivity contribution < 1.29 is 24.6 Å². The van der Waals surface area contributed by atoms with Crippen LogP contribution in [-0.2, 0) is 14.4 Å². The third kappa shape index (κ3) is 2.72. The summed E-state index contributed by atoms with van der Waals surface area (Å²) in [7, 11) is 0. The molecule has 0 aliphatic carbocycles. The molecule has 0 spiro atoms. The summed E-state index contributed by atoms with van der Waals surface area (Å²) >= 11 is 0. The predicted octanol–water partition coefficient (Wildman–Crippen LogP) is -2.64. The zero-order valence-corrected chi connectivity index (χ0v) is 5.58. The van der Waals surface area contributed by atoms with Crippen molar-refractivity contribution in [1.82, 2.24) is 0 Å². The van der Waals surface area contributed by atoms with Gasteiger partial charge in [-0.05, 0) is 0 Å². The summed E-state index contributed by atoms with van der Waals surface area (Å²) in [6.45, 7) is 0. The van der Waals surface area contributed by atoms with Crippen LogP contribution in [0.15, 0.2) is 0 Å². The Balaban J connectivity index is 4.06. The van der Waals surface area contributed by atoms with E-state index in [1.54, 1.807) is 0 Å². The Hall–Kier alpha value is -0.820. The van der Waals surface area contributed by atoms with Crippen LogP contribution in [0, 0.1) is 0 Å². The molecule has 0 saturated carbocycles.